The summed E-state index contributed by atoms with van der Waals surface area (Å²) in [5.41, 5.74) is 4.17. The van der Waals surface area contributed by atoms with Gasteiger partial charge in [-0.3, -0.25) is 0 Å². The van der Waals surface area contributed by atoms with Crippen LogP contribution in [0.5, 0.6) is 0 Å². The zero-order valence-electron chi connectivity index (χ0n) is 12.6. The van der Waals surface area contributed by atoms with Crippen molar-refractivity contribution in [1.82, 2.24) is 4.90 Å². The Morgan fingerprint density at radius 2 is 2.16 bits per heavy atom. The Balaban J connectivity index is 2.75. The van der Waals surface area contributed by atoms with E-state index >= 15 is 0 Å². The zero-order valence-corrected chi connectivity index (χ0v) is 12.6. The molecule has 19 heavy (non-hydrogen) atoms. The van der Waals surface area contributed by atoms with Gasteiger partial charge in [0.25, 0.3) is 0 Å². The summed E-state index contributed by atoms with van der Waals surface area (Å²) in [6.45, 7) is 8.99. The number of rotatable bonds is 2. The molecule has 112 valence electrons. The minimum atomic E-state index is -0.887. The average Bonchev–Trinajstić information content (AvgIpc) is 2.35. The summed E-state index contributed by atoms with van der Waals surface area (Å²) >= 11 is 0. The molecule has 0 aromatic heterocycles. The molecule has 0 bridgehead atoms. The molecule has 1 heterocycles. The second-order valence-corrected chi connectivity index (χ2v) is 6.76. The first-order chi connectivity index (χ1) is 8.65. The minimum absolute atomic E-state index is 0.309. The molecule has 1 saturated heterocycles. The molecule has 2 atom stereocenters. The summed E-state index contributed by atoms with van der Waals surface area (Å²) in [7, 11) is 0. The predicted octanol–water partition coefficient (Wildman–Crippen LogP) is 1.73. The summed E-state index contributed by atoms with van der Waals surface area (Å²) in [5, 5.41) is 10.6. The topological polar surface area (TPSA) is 75.8 Å². The molecular formula is C14H28N2O3. The molecule has 3 N–H and O–H groups in total. The van der Waals surface area contributed by atoms with Crippen LogP contribution in [-0.2, 0) is 4.74 Å². The maximum Gasteiger partial charge on any atom is 0.410 e. The van der Waals surface area contributed by atoms with E-state index in [0.717, 1.165) is 6.42 Å². The van der Waals surface area contributed by atoms with Crippen LogP contribution in [0.25, 0.3) is 0 Å². The summed E-state index contributed by atoms with van der Waals surface area (Å²) < 4.78 is 5.38. The molecule has 1 amide bonds. The SMILES string of the molecule is CC1CCN(C(=O)OC(C)(C)C)CC(O)(CCN)C1. The molecule has 0 saturated carbocycles. The van der Waals surface area contributed by atoms with Gasteiger partial charge in [-0.2, -0.15) is 0 Å². The van der Waals surface area contributed by atoms with E-state index in [1.807, 2.05) is 20.8 Å². The number of ether oxygens (including phenoxy) is 1. The van der Waals surface area contributed by atoms with Crippen LogP contribution in [-0.4, -0.2) is 46.9 Å². The number of aliphatic hydroxyl groups is 1. The number of nitrogens with two attached hydrogens (primary N) is 1. The molecule has 0 aromatic carbocycles. The van der Waals surface area contributed by atoms with Crippen molar-refractivity contribution in [2.45, 2.75) is 58.2 Å². The van der Waals surface area contributed by atoms with Crippen molar-refractivity contribution >= 4 is 6.09 Å². The van der Waals surface area contributed by atoms with Gasteiger partial charge in [0.15, 0.2) is 0 Å². The van der Waals surface area contributed by atoms with Gasteiger partial charge in [0, 0.05) is 6.54 Å². The van der Waals surface area contributed by atoms with Crippen molar-refractivity contribution in [2.75, 3.05) is 19.6 Å². The summed E-state index contributed by atoms with van der Waals surface area (Å²) in [6, 6.07) is 0. The number of amides is 1. The standard InChI is InChI=1S/C14H28N2O3/c1-11-5-8-16(12(17)19-13(2,3)4)10-14(18,9-11)6-7-15/h11,18H,5-10,15H2,1-4H3. The van der Waals surface area contributed by atoms with Gasteiger partial charge in [0.1, 0.15) is 5.60 Å². The van der Waals surface area contributed by atoms with Crippen molar-refractivity contribution in [3.8, 4) is 0 Å². The number of carbonyl (C=O) groups excluding carboxylic acids is 1. The molecule has 5 nitrogen and oxygen atoms in total. The van der Waals surface area contributed by atoms with E-state index in [1.165, 1.54) is 0 Å². The van der Waals surface area contributed by atoms with Crippen molar-refractivity contribution in [3.05, 3.63) is 0 Å². The van der Waals surface area contributed by atoms with Gasteiger partial charge in [-0.05, 0) is 52.5 Å². The molecule has 1 aliphatic heterocycles. The normalized spacial score (nSPS) is 28.9. The number of likely N-dealkylation sites (tertiary alicyclic amines) is 1. The monoisotopic (exact) mass is 272 g/mol. The van der Waals surface area contributed by atoms with Gasteiger partial charge in [0.2, 0.25) is 0 Å². The Bertz CT molecular complexity index is 314. The third-order valence-electron chi connectivity index (χ3n) is 3.37. The minimum Gasteiger partial charge on any atom is -0.444 e. The smallest absolute Gasteiger partial charge is 0.410 e. The van der Waals surface area contributed by atoms with Gasteiger partial charge in [0.05, 0.1) is 12.1 Å². The fraction of sp³-hybridized carbons (Fsp3) is 0.929. The molecule has 0 aromatic rings. The van der Waals surface area contributed by atoms with E-state index in [2.05, 4.69) is 6.92 Å². The average molecular weight is 272 g/mol. The quantitative estimate of drug-likeness (QED) is 0.802. The Kier molecular flexibility index (Phi) is 5.21. The Hall–Kier alpha value is -0.810. The largest absolute Gasteiger partial charge is 0.444 e. The van der Waals surface area contributed by atoms with E-state index in [4.69, 9.17) is 10.5 Å². The van der Waals surface area contributed by atoms with Crippen LogP contribution in [0.1, 0.15) is 47.0 Å². The second-order valence-electron chi connectivity index (χ2n) is 6.76. The maximum atomic E-state index is 12.1. The summed E-state index contributed by atoms with van der Waals surface area (Å²) in [5.74, 6) is 0.379. The fourth-order valence-corrected chi connectivity index (χ4v) is 2.56. The van der Waals surface area contributed by atoms with Crippen molar-refractivity contribution in [3.63, 3.8) is 0 Å². The lowest BCUT2D eigenvalue weighted by molar-refractivity contribution is -0.0204. The molecule has 1 aliphatic rings. The van der Waals surface area contributed by atoms with Gasteiger partial charge in [-0.25, -0.2) is 4.79 Å². The second kappa shape index (κ2) is 6.09. The summed E-state index contributed by atoms with van der Waals surface area (Å²) in [6.07, 6.45) is 1.73. The van der Waals surface area contributed by atoms with Crippen LogP contribution < -0.4 is 5.73 Å². The zero-order chi connectivity index (χ0) is 14.7. The molecule has 2 unspecified atom stereocenters. The highest BCUT2D eigenvalue weighted by molar-refractivity contribution is 5.68. The van der Waals surface area contributed by atoms with Gasteiger partial charge >= 0.3 is 6.09 Å². The number of carbonyl (C=O) groups is 1. The Morgan fingerprint density at radius 1 is 1.53 bits per heavy atom. The van der Waals surface area contributed by atoms with Crippen molar-refractivity contribution < 1.29 is 14.6 Å². The third-order valence-corrected chi connectivity index (χ3v) is 3.37. The lowest BCUT2D eigenvalue weighted by Gasteiger charge is -2.33. The van der Waals surface area contributed by atoms with E-state index < -0.39 is 11.2 Å². The van der Waals surface area contributed by atoms with Crippen LogP contribution in [0.3, 0.4) is 0 Å². The Morgan fingerprint density at radius 3 is 2.68 bits per heavy atom. The first-order valence-electron chi connectivity index (χ1n) is 7.05. The van der Waals surface area contributed by atoms with E-state index in [-0.39, 0.29) is 6.09 Å². The number of hydrogen-bond donors (Lipinski definition) is 2. The number of hydrogen-bond acceptors (Lipinski definition) is 4. The molecule has 0 aliphatic carbocycles. The molecule has 1 fully saturated rings. The predicted molar refractivity (Wildman–Crippen MR) is 74.8 cm³/mol. The van der Waals surface area contributed by atoms with Crippen molar-refractivity contribution in [2.24, 2.45) is 11.7 Å². The first kappa shape index (κ1) is 16.2. The molecule has 0 radical (unpaired) electrons. The number of nitrogens with zero attached hydrogens (tertiary/aromatic N) is 1. The van der Waals surface area contributed by atoms with E-state index in [9.17, 15) is 9.90 Å². The fourth-order valence-electron chi connectivity index (χ4n) is 2.56. The van der Waals surface area contributed by atoms with Gasteiger partial charge in [-0.15, -0.1) is 0 Å². The molecule has 5 heteroatoms. The van der Waals surface area contributed by atoms with E-state index in [1.54, 1.807) is 4.90 Å². The first-order valence-corrected chi connectivity index (χ1v) is 7.05. The number of β-amino-alcohol motifs (C(OH)–C–C–N with tert-alkyl or cyclic N) is 1. The van der Waals surface area contributed by atoms with Gasteiger partial charge < -0.3 is 20.5 Å². The van der Waals surface area contributed by atoms with Crippen LogP contribution in [0.2, 0.25) is 0 Å². The van der Waals surface area contributed by atoms with Crippen LogP contribution >= 0.6 is 0 Å². The maximum absolute atomic E-state index is 12.1. The Labute approximate surface area is 116 Å². The highest BCUT2D eigenvalue weighted by atomic mass is 16.6. The third kappa shape index (κ3) is 5.37. The molecule has 0 spiro atoms. The lowest BCUT2D eigenvalue weighted by Crippen LogP contribution is -2.47. The van der Waals surface area contributed by atoms with Crippen molar-refractivity contribution in [1.29, 1.82) is 0 Å². The van der Waals surface area contributed by atoms with Crippen LogP contribution in [0.15, 0.2) is 0 Å². The van der Waals surface area contributed by atoms with Crippen LogP contribution in [0, 0.1) is 5.92 Å². The summed E-state index contributed by atoms with van der Waals surface area (Å²) in [4.78, 5) is 13.7. The highest BCUT2D eigenvalue weighted by Gasteiger charge is 2.36. The van der Waals surface area contributed by atoms with Gasteiger partial charge in [-0.1, -0.05) is 6.92 Å². The van der Waals surface area contributed by atoms with E-state index in [0.29, 0.717) is 38.4 Å². The lowest BCUT2D eigenvalue weighted by atomic mass is 9.88. The molecule has 1 rings (SSSR count). The van der Waals surface area contributed by atoms with Crippen LogP contribution in [0.4, 0.5) is 4.79 Å². The molecular weight excluding hydrogens is 244 g/mol. The highest BCUT2D eigenvalue weighted by Crippen LogP contribution is 2.28.